The van der Waals surface area contributed by atoms with Crippen molar-refractivity contribution >= 4 is 23.2 Å². The van der Waals surface area contributed by atoms with Crippen molar-refractivity contribution in [3.8, 4) is 17.2 Å². The van der Waals surface area contributed by atoms with Crippen LogP contribution in [0.4, 0.5) is 5.69 Å². The molecule has 29 heavy (non-hydrogen) atoms. The molecular formula is C20H18ClN3O5. The van der Waals surface area contributed by atoms with Gasteiger partial charge in [0, 0.05) is 25.5 Å². The molecule has 1 N–H and O–H groups in total. The summed E-state index contributed by atoms with van der Waals surface area (Å²) in [5.74, 6) is 1.95. The molecule has 0 unspecified atom stereocenters. The Morgan fingerprint density at radius 1 is 1.21 bits per heavy atom. The molecule has 2 aromatic carbocycles. The molecule has 2 heterocycles. The van der Waals surface area contributed by atoms with Crippen molar-refractivity contribution in [1.82, 2.24) is 10.1 Å². The van der Waals surface area contributed by atoms with Gasteiger partial charge in [0.05, 0.1) is 29.5 Å². The molecule has 3 aromatic rings. The summed E-state index contributed by atoms with van der Waals surface area (Å²) in [6, 6.07) is 10.2. The van der Waals surface area contributed by atoms with Crippen LogP contribution >= 0.6 is 11.6 Å². The van der Waals surface area contributed by atoms with Crippen molar-refractivity contribution in [2.45, 2.75) is 20.0 Å². The van der Waals surface area contributed by atoms with Crippen LogP contribution in [-0.4, -0.2) is 29.3 Å². The predicted molar refractivity (Wildman–Crippen MR) is 105 cm³/mol. The summed E-state index contributed by atoms with van der Waals surface area (Å²) in [5.41, 5.74) is 0.764. The SMILES string of the molecule is Cc1nc(COc2ccccc2C(=O)Nc2cc3c(cc2Cl)OCCCO3)no1. The van der Waals surface area contributed by atoms with Crippen molar-refractivity contribution < 1.29 is 23.5 Å². The van der Waals surface area contributed by atoms with Gasteiger partial charge in [-0.15, -0.1) is 0 Å². The number of benzene rings is 2. The summed E-state index contributed by atoms with van der Waals surface area (Å²) in [4.78, 5) is 16.9. The maximum atomic E-state index is 12.9. The summed E-state index contributed by atoms with van der Waals surface area (Å²) in [6.07, 6.45) is 0.776. The summed E-state index contributed by atoms with van der Waals surface area (Å²) in [7, 11) is 0. The predicted octanol–water partition coefficient (Wildman–Crippen LogP) is 4.02. The number of rotatable bonds is 5. The third kappa shape index (κ3) is 4.43. The first-order chi connectivity index (χ1) is 14.1. The average molecular weight is 416 g/mol. The summed E-state index contributed by atoms with van der Waals surface area (Å²) in [5, 5.41) is 6.93. The molecule has 4 rings (SSSR count). The third-order valence-electron chi connectivity index (χ3n) is 4.14. The second-order valence-electron chi connectivity index (χ2n) is 6.30. The van der Waals surface area contributed by atoms with Gasteiger partial charge in [0.1, 0.15) is 5.75 Å². The van der Waals surface area contributed by atoms with Crippen LogP contribution in [0.3, 0.4) is 0 Å². The molecule has 1 amide bonds. The number of hydrogen-bond acceptors (Lipinski definition) is 7. The van der Waals surface area contributed by atoms with Crippen molar-refractivity contribution in [1.29, 1.82) is 0 Å². The second-order valence-corrected chi connectivity index (χ2v) is 6.71. The molecule has 1 aliphatic rings. The number of anilines is 1. The number of halogens is 1. The number of nitrogens with zero attached hydrogens (tertiary/aromatic N) is 2. The number of para-hydroxylation sites is 1. The van der Waals surface area contributed by atoms with Crippen molar-refractivity contribution in [3.05, 3.63) is 58.7 Å². The fourth-order valence-corrected chi connectivity index (χ4v) is 2.99. The van der Waals surface area contributed by atoms with Crippen molar-refractivity contribution in [2.75, 3.05) is 18.5 Å². The number of carbonyl (C=O) groups is 1. The van der Waals surface area contributed by atoms with Crippen LogP contribution < -0.4 is 19.5 Å². The largest absolute Gasteiger partial charge is 0.490 e. The van der Waals surface area contributed by atoms with E-state index < -0.39 is 0 Å². The van der Waals surface area contributed by atoms with Crippen LogP contribution in [0.25, 0.3) is 0 Å². The topological polar surface area (TPSA) is 95.7 Å². The fourth-order valence-electron chi connectivity index (χ4n) is 2.79. The number of fused-ring (bicyclic) bond motifs is 1. The average Bonchev–Trinajstić information content (AvgIpc) is 3.00. The van der Waals surface area contributed by atoms with Gasteiger partial charge in [0.2, 0.25) is 11.7 Å². The van der Waals surface area contributed by atoms with Gasteiger partial charge >= 0.3 is 0 Å². The Hall–Kier alpha value is -3.26. The van der Waals surface area contributed by atoms with E-state index in [0.29, 0.717) is 58.5 Å². The molecule has 8 nitrogen and oxygen atoms in total. The highest BCUT2D eigenvalue weighted by atomic mass is 35.5. The first-order valence-electron chi connectivity index (χ1n) is 9.01. The Morgan fingerprint density at radius 2 is 1.97 bits per heavy atom. The lowest BCUT2D eigenvalue weighted by molar-refractivity contribution is 0.102. The number of aryl methyl sites for hydroxylation is 1. The van der Waals surface area contributed by atoms with Gasteiger partial charge in [0.25, 0.3) is 5.91 Å². The van der Waals surface area contributed by atoms with E-state index in [1.54, 1.807) is 43.3 Å². The lowest BCUT2D eigenvalue weighted by Gasteiger charge is -2.14. The monoisotopic (exact) mass is 415 g/mol. The van der Waals surface area contributed by atoms with Crippen molar-refractivity contribution in [2.24, 2.45) is 0 Å². The van der Waals surface area contributed by atoms with Gasteiger partial charge in [-0.1, -0.05) is 28.9 Å². The Kier molecular flexibility index (Phi) is 5.53. The van der Waals surface area contributed by atoms with Gasteiger partial charge in [-0.2, -0.15) is 4.98 Å². The van der Waals surface area contributed by atoms with E-state index >= 15 is 0 Å². The Labute approximate surface area is 171 Å². The van der Waals surface area contributed by atoms with Gasteiger partial charge in [-0.3, -0.25) is 4.79 Å². The molecule has 1 aliphatic heterocycles. The summed E-state index contributed by atoms with van der Waals surface area (Å²) < 4.78 is 21.9. The number of amides is 1. The van der Waals surface area contributed by atoms with Gasteiger partial charge in [-0.25, -0.2) is 0 Å². The minimum absolute atomic E-state index is 0.0758. The molecule has 0 bridgehead atoms. The summed E-state index contributed by atoms with van der Waals surface area (Å²) in [6.45, 7) is 2.86. The number of nitrogens with one attached hydrogen (secondary N) is 1. The Balaban J connectivity index is 1.52. The molecule has 0 fully saturated rings. The number of carbonyl (C=O) groups excluding carboxylic acids is 1. The minimum Gasteiger partial charge on any atom is -0.490 e. The molecular weight excluding hydrogens is 398 g/mol. The number of ether oxygens (including phenoxy) is 3. The maximum Gasteiger partial charge on any atom is 0.259 e. The lowest BCUT2D eigenvalue weighted by Crippen LogP contribution is -2.14. The Morgan fingerprint density at radius 3 is 2.72 bits per heavy atom. The van der Waals surface area contributed by atoms with Gasteiger partial charge in [-0.05, 0) is 12.1 Å². The highest BCUT2D eigenvalue weighted by molar-refractivity contribution is 6.34. The zero-order valence-corrected chi connectivity index (χ0v) is 16.4. The molecule has 9 heteroatoms. The highest BCUT2D eigenvalue weighted by Gasteiger charge is 2.18. The standard InChI is InChI=1S/C20H18ClN3O5/c1-12-22-19(24-29-12)11-28-16-6-3-2-5-13(16)20(25)23-15-10-18-17(9-14(15)21)26-7-4-8-27-18/h2-3,5-6,9-10H,4,7-8,11H2,1H3,(H,23,25). The van der Waals surface area contributed by atoms with Crippen molar-refractivity contribution in [3.63, 3.8) is 0 Å². The van der Waals surface area contributed by atoms with Crippen LogP contribution in [0.15, 0.2) is 40.9 Å². The second kappa shape index (κ2) is 8.40. The van der Waals surface area contributed by atoms with Gasteiger partial charge in [0.15, 0.2) is 18.1 Å². The first-order valence-corrected chi connectivity index (χ1v) is 9.39. The molecule has 0 radical (unpaired) electrons. The molecule has 0 saturated heterocycles. The highest BCUT2D eigenvalue weighted by Crippen LogP contribution is 2.38. The van der Waals surface area contributed by atoms with Crippen LogP contribution in [0.2, 0.25) is 5.02 Å². The number of aromatic nitrogens is 2. The van der Waals surface area contributed by atoms with E-state index in [9.17, 15) is 4.79 Å². The maximum absolute atomic E-state index is 12.9. The van der Waals surface area contributed by atoms with E-state index in [-0.39, 0.29) is 12.5 Å². The quantitative estimate of drug-likeness (QED) is 0.672. The smallest absolute Gasteiger partial charge is 0.259 e. The van der Waals surface area contributed by atoms with Crippen LogP contribution in [0.5, 0.6) is 17.2 Å². The third-order valence-corrected chi connectivity index (χ3v) is 4.46. The van der Waals surface area contributed by atoms with E-state index in [0.717, 1.165) is 6.42 Å². The summed E-state index contributed by atoms with van der Waals surface area (Å²) >= 11 is 6.32. The molecule has 0 saturated carbocycles. The van der Waals surface area contributed by atoms with E-state index in [1.165, 1.54) is 0 Å². The normalized spacial score (nSPS) is 12.9. The molecule has 0 aliphatic carbocycles. The zero-order chi connectivity index (χ0) is 20.2. The van der Waals surface area contributed by atoms with Crippen LogP contribution in [0, 0.1) is 6.92 Å². The minimum atomic E-state index is -0.374. The van der Waals surface area contributed by atoms with Crippen LogP contribution in [0.1, 0.15) is 28.5 Å². The molecule has 150 valence electrons. The number of hydrogen-bond donors (Lipinski definition) is 1. The van der Waals surface area contributed by atoms with Crippen LogP contribution in [-0.2, 0) is 6.61 Å². The molecule has 0 atom stereocenters. The van der Waals surface area contributed by atoms with Gasteiger partial charge < -0.3 is 24.1 Å². The lowest BCUT2D eigenvalue weighted by atomic mass is 10.1. The van der Waals surface area contributed by atoms with E-state index in [2.05, 4.69) is 15.5 Å². The zero-order valence-electron chi connectivity index (χ0n) is 15.6. The fraction of sp³-hybridized carbons (Fsp3) is 0.250. The molecule has 0 spiro atoms. The van der Waals surface area contributed by atoms with E-state index in [1.807, 2.05) is 0 Å². The first kappa shape index (κ1) is 19.1. The van der Waals surface area contributed by atoms with E-state index in [4.69, 9.17) is 30.3 Å². The Bertz CT molecular complexity index is 1040. The molecule has 1 aromatic heterocycles.